The summed E-state index contributed by atoms with van der Waals surface area (Å²) in [4.78, 5) is 77.2. The van der Waals surface area contributed by atoms with E-state index in [-0.39, 0.29) is 79.1 Å². The number of esters is 1. The third-order valence-corrected chi connectivity index (χ3v) is 109. The van der Waals surface area contributed by atoms with Crippen LogP contribution in [0.3, 0.4) is 0 Å². The first-order chi connectivity index (χ1) is 58.0. The lowest BCUT2D eigenvalue weighted by Gasteiger charge is -2.32. The molecule has 20 nitrogen and oxygen atoms in total. The first-order valence-electron chi connectivity index (χ1n) is 29.9. The molecule has 3 N–H and O–H groups in total. The molecule has 0 spiro atoms. The second kappa shape index (κ2) is 65.5. The Bertz CT molecular complexity index is 7510. The highest BCUT2D eigenvalue weighted by Crippen LogP contribution is 2.28. The Morgan fingerprint density at radius 2 is 0.697 bits per heavy atom. The quantitative estimate of drug-likeness (QED) is 0.166. The summed E-state index contributed by atoms with van der Waals surface area (Å²) >= 11 is 19.1. The molecule has 2 atom stereocenters. The van der Waals surface area contributed by atoms with E-state index < -0.39 is 41.4 Å². The van der Waals surface area contributed by atoms with Crippen molar-refractivity contribution in [1.29, 1.82) is 0 Å². The Balaban J connectivity index is 0.000000223. The topological polar surface area (TPSA) is 257 Å². The number of carboxylic acids is 1. The standard InChI is InChI=1S/C25H23FN6O4.C23H19FN6O4.S25.S24/c1-3-36-25(35)22-29-28-21-13-31(12-14(2)32(21)22)24(34)18-10-15(8-9-19(18)26)11-20-16-6-4-5-7-17(16)23(33)30-27-20;1-12-10-29(11-19-26-27-20(23(33)34)30(12)19)22(32)16-8-13(6-7-17(16)24)9-18-14-4-2-3-5-15(14)21(31)28-25-18;1-3-5-7-9-11-13-15-17-19-21-23-25-24-22-20-18-16-14-12-10-8-6-4-2;1-3-5-7-9-11-13-15-17-19-21-23-24-22-20-18-16-14-12-10-8-6-4-2/h4-10,14H,3,11-13H2,1-2H3,(H,30,33);2-8,12H,9-11H2,1H3,(H,28,31)(H,33,34);;. The van der Waals surface area contributed by atoms with Crippen LogP contribution in [0.4, 0.5) is 8.78 Å². The fraction of sp³-hybridized carbons (Fsp3) is 0.250. The SMILES string of the molecule is CC1CN(C(=O)c2cc(Cc3n[nH]c(=O)c4ccccc34)ccc2F)Cc2nnc(C(=O)O)n21.CCOC(=O)c1nnc2n1C(C)CN(C(=O)c1cc(Cc3n[nH]c(=O)c4ccccc34)ccc1F)C2.S=S=S=S=S=S=S=S=S=S=S=S=S=S=S=S=S=S=S=S=S=S=S=S.S=S=S=S=S=S=S=S=S=S=S=S=S=S=S=S=S=S=S=S=S=S=S=S=S. The molecule has 6 heterocycles. The predicted molar refractivity (Wildman–Crippen MR) is 606 cm³/mol. The molecule has 119 heavy (non-hydrogen) atoms. The lowest BCUT2D eigenvalue weighted by molar-refractivity contribution is 0.0495. The number of ether oxygens (including phenoxy) is 1. The average Bonchev–Trinajstić information content (AvgIpc) is 0.987. The minimum absolute atomic E-state index is 0.0131. The minimum atomic E-state index is -1.20. The van der Waals surface area contributed by atoms with E-state index >= 15 is 0 Å². The summed E-state index contributed by atoms with van der Waals surface area (Å²) < 4.78 is 37.7. The first kappa shape index (κ1) is 108. The molecule has 0 fully saturated rings. The number of amides is 2. The van der Waals surface area contributed by atoms with Crippen LogP contribution in [-0.4, -0.2) is 108 Å². The van der Waals surface area contributed by atoms with Gasteiger partial charge in [-0.25, -0.2) is 28.6 Å². The van der Waals surface area contributed by atoms with Gasteiger partial charge < -0.3 is 19.6 Å². The lowest BCUT2D eigenvalue weighted by Crippen LogP contribution is -2.41. The normalized spacial score (nSPS) is 12.0. The van der Waals surface area contributed by atoms with Crippen LogP contribution in [0.25, 0.3) is 21.5 Å². The number of nitrogens with zero attached hydrogens (tertiary/aromatic N) is 10. The summed E-state index contributed by atoms with van der Waals surface area (Å²) in [5.41, 5.74) is 1.76. The van der Waals surface area contributed by atoms with Gasteiger partial charge in [-0.15, -0.1) is 20.4 Å². The number of nitrogens with one attached hydrogen (secondary N) is 2. The highest BCUT2D eigenvalue weighted by Gasteiger charge is 2.35. The van der Waals surface area contributed by atoms with Gasteiger partial charge in [-0.1, -0.05) is 48.5 Å². The molecule has 0 saturated carbocycles. The maximum Gasteiger partial charge on any atom is 0.376 e. The highest BCUT2D eigenvalue weighted by molar-refractivity contribution is 8.81. The number of hydrogen-bond acceptors (Lipinski definition) is 17. The van der Waals surface area contributed by atoms with E-state index in [0.29, 0.717) is 62.1 Å². The van der Waals surface area contributed by atoms with E-state index in [4.69, 9.17) is 49.5 Å². The van der Waals surface area contributed by atoms with Crippen LogP contribution in [0.1, 0.15) is 109 Å². The Labute approximate surface area is 824 Å². The van der Waals surface area contributed by atoms with Crippen LogP contribution >= 0.6 is 0 Å². The molecule has 0 bridgehead atoms. The molecule has 2 unspecified atom stereocenters. The zero-order chi connectivity index (χ0) is 85.2. The molecule has 0 aliphatic carbocycles. The number of carbonyl (C=O) groups excluding carboxylic acids is 3. The number of halogens is 2. The Hall–Kier alpha value is 1.96. The molecular formula is C48H42F2N12O8S49. The van der Waals surface area contributed by atoms with Crippen molar-refractivity contribution in [3.05, 3.63) is 174 Å². The van der Waals surface area contributed by atoms with E-state index in [2.05, 4.69) is 40.8 Å². The number of carboxylic acid groups (broad SMARTS) is 1. The van der Waals surface area contributed by atoms with E-state index in [1.807, 2.05) is 111 Å². The van der Waals surface area contributed by atoms with Gasteiger partial charge in [-0.05, 0) is 68.3 Å². The second-order valence-corrected chi connectivity index (χ2v) is 99.5. The van der Waals surface area contributed by atoms with Crippen LogP contribution in [-0.2, 0) is 475 Å². The maximum absolute atomic E-state index is 14.8. The van der Waals surface area contributed by atoms with Gasteiger partial charge >= 0.3 is 11.9 Å². The number of aromatic carboxylic acids is 1. The fourth-order valence-corrected chi connectivity index (χ4v) is 122. The van der Waals surface area contributed by atoms with Gasteiger partial charge in [0.05, 0.1) is 65.1 Å². The van der Waals surface area contributed by atoms with Gasteiger partial charge in [0.2, 0.25) is 11.6 Å². The number of aromatic nitrogens is 10. The summed E-state index contributed by atoms with van der Waals surface area (Å²) in [5.74, 6) is -3.48. The van der Waals surface area contributed by atoms with Crippen molar-refractivity contribution in [3.63, 3.8) is 0 Å². The van der Waals surface area contributed by atoms with Crippen LogP contribution in [0, 0.1) is 11.6 Å². The predicted octanol–water partition coefficient (Wildman–Crippen LogP) is 4.68. The fourth-order valence-electron chi connectivity index (χ4n) is 9.35. The van der Waals surface area contributed by atoms with Crippen molar-refractivity contribution in [2.75, 3.05) is 19.7 Å². The molecule has 2 amide bonds. The zero-order valence-corrected chi connectivity index (χ0v) is 97.7. The Morgan fingerprint density at radius 3 is 0.983 bits per heavy atom. The van der Waals surface area contributed by atoms with Gasteiger partial charge in [0.15, 0.2) is 11.6 Å². The van der Waals surface area contributed by atoms with Gasteiger partial charge in [-0.2, -0.15) is 10.2 Å². The van der Waals surface area contributed by atoms with Gasteiger partial charge in [0.1, 0.15) is 11.6 Å². The number of H-pyrrole nitrogens is 2. The molecule has 10 rings (SSSR count). The molecule has 4 aromatic carbocycles. The number of hydrogen-bond donors (Lipinski definition) is 3. The molecule has 2 aliphatic heterocycles. The van der Waals surface area contributed by atoms with E-state index in [9.17, 15) is 42.7 Å². The third kappa shape index (κ3) is 40.1. The molecule has 650 valence electrons. The molecule has 0 saturated heterocycles. The average molecular weight is 2520 g/mol. The second-order valence-electron chi connectivity index (χ2n) is 19.8. The number of aromatic amines is 2. The largest absolute Gasteiger partial charge is 0.475 e. The monoisotopic (exact) mass is 2520 g/mol. The summed E-state index contributed by atoms with van der Waals surface area (Å²) in [7, 11) is 78.1. The van der Waals surface area contributed by atoms with Crippen LogP contribution in [0.5, 0.6) is 0 Å². The van der Waals surface area contributed by atoms with Crippen molar-refractivity contribution in [3.8, 4) is 0 Å². The van der Waals surface area contributed by atoms with E-state index in [1.165, 1.54) is 74.2 Å². The number of benzene rings is 4. The minimum Gasteiger partial charge on any atom is -0.475 e. The lowest BCUT2D eigenvalue weighted by atomic mass is 10.0. The molecule has 4 aromatic heterocycles. The third-order valence-electron chi connectivity index (χ3n) is 13.3. The van der Waals surface area contributed by atoms with Crippen LogP contribution in [0.2, 0.25) is 0 Å². The Morgan fingerprint density at radius 1 is 0.420 bits per heavy atom. The van der Waals surface area contributed by atoms with Crippen molar-refractivity contribution < 1.29 is 37.8 Å². The smallest absolute Gasteiger partial charge is 0.376 e. The molecule has 0 radical (unpaired) electrons. The Kier molecular flexibility index (Phi) is 59.5. The molecule has 8 aromatic rings. The summed E-state index contributed by atoms with van der Waals surface area (Å²) in [6.07, 6.45) is 0.579. The van der Waals surface area contributed by atoms with Gasteiger partial charge in [0, 0.05) is 481 Å². The first-order valence-corrected chi connectivity index (χ1v) is 92.6. The zero-order valence-electron chi connectivity index (χ0n) is 57.7. The van der Waals surface area contributed by atoms with Crippen molar-refractivity contribution in [1.82, 2.24) is 59.7 Å². The van der Waals surface area contributed by atoms with Crippen molar-refractivity contribution >= 4 is 490 Å². The molecule has 71 heteroatoms. The number of rotatable bonds is 9. The summed E-state index contributed by atoms with van der Waals surface area (Å²) in [6, 6.07) is 22.1. The molecule has 2 aliphatic rings. The van der Waals surface area contributed by atoms with Crippen molar-refractivity contribution in [2.45, 2.75) is 58.8 Å². The summed E-state index contributed by atoms with van der Waals surface area (Å²) in [5, 5.41) is 40.5. The number of fused-ring (bicyclic) bond motifs is 4. The van der Waals surface area contributed by atoms with E-state index in [0.717, 1.165) is 0 Å². The highest BCUT2D eigenvalue weighted by atomic mass is 33.5. The van der Waals surface area contributed by atoms with Gasteiger partial charge in [-0.3, -0.25) is 28.3 Å². The summed E-state index contributed by atoms with van der Waals surface area (Å²) in [6.45, 7) is 6.00. The van der Waals surface area contributed by atoms with Crippen LogP contribution < -0.4 is 11.1 Å². The van der Waals surface area contributed by atoms with Crippen LogP contribution in [0.15, 0.2) is 94.5 Å². The maximum atomic E-state index is 14.8. The van der Waals surface area contributed by atoms with Gasteiger partial charge in [0.25, 0.3) is 22.9 Å². The van der Waals surface area contributed by atoms with E-state index in [1.54, 1.807) is 339 Å². The number of carbonyl (C=O) groups is 4. The van der Waals surface area contributed by atoms with Crippen molar-refractivity contribution in [2.24, 2.45) is 0 Å². The molecular weight excluding hydrogens is 2480 g/mol.